The summed E-state index contributed by atoms with van der Waals surface area (Å²) in [6.07, 6.45) is 2.72. The van der Waals surface area contributed by atoms with Gasteiger partial charge in [0.1, 0.15) is 5.75 Å². The summed E-state index contributed by atoms with van der Waals surface area (Å²) in [5.74, 6) is 1.06. The van der Waals surface area contributed by atoms with Crippen LogP contribution in [0.5, 0.6) is 5.75 Å². The fourth-order valence-electron chi connectivity index (χ4n) is 3.22. The molecule has 5 heteroatoms. The highest BCUT2D eigenvalue weighted by Crippen LogP contribution is 2.18. The van der Waals surface area contributed by atoms with Gasteiger partial charge in [-0.1, -0.05) is 48.5 Å². The Hall–Kier alpha value is -2.82. The van der Waals surface area contributed by atoms with Crippen LogP contribution >= 0.6 is 0 Å². The predicted octanol–water partition coefficient (Wildman–Crippen LogP) is 3.65. The number of aryl methyl sites for hydroxylation is 1. The topological polar surface area (TPSA) is 58.6 Å². The molecule has 1 fully saturated rings. The molecule has 0 saturated carbocycles. The highest BCUT2D eigenvalue weighted by Gasteiger charge is 2.24. The summed E-state index contributed by atoms with van der Waals surface area (Å²) in [6.45, 7) is 2.00. The SMILES string of the molecule is O=C(CCc1ccccc1)NCC1CCN(C(=O)Oc2ccccc2)CC1. The van der Waals surface area contributed by atoms with Crippen LogP contribution in [-0.2, 0) is 11.2 Å². The number of piperidine rings is 1. The van der Waals surface area contributed by atoms with Gasteiger partial charge in [0.2, 0.25) is 5.91 Å². The molecule has 2 aromatic rings. The third-order valence-electron chi connectivity index (χ3n) is 4.89. The molecule has 0 unspecified atom stereocenters. The smallest absolute Gasteiger partial charge is 0.410 e. The second kappa shape index (κ2) is 9.76. The molecule has 1 aliphatic heterocycles. The number of para-hydroxylation sites is 1. The molecule has 142 valence electrons. The van der Waals surface area contributed by atoms with Gasteiger partial charge in [-0.05, 0) is 42.9 Å². The van der Waals surface area contributed by atoms with Gasteiger partial charge in [0.15, 0.2) is 0 Å². The van der Waals surface area contributed by atoms with Crippen LogP contribution in [0.1, 0.15) is 24.8 Å². The fraction of sp³-hybridized carbons (Fsp3) is 0.364. The first-order valence-corrected chi connectivity index (χ1v) is 9.53. The van der Waals surface area contributed by atoms with Crippen LogP contribution in [0.4, 0.5) is 4.79 Å². The first-order valence-electron chi connectivity index (χ1n) is 9.53. The minimum Gasteiger partial charge on any atom is -0.410 e. The number of benzene rings is 2. The van der Waals surface area contributed by atoms with Crippen molar-refractivity contribution in [1.29, 1.82) is 0 Å². The van der Waals surface area contributed by atoms with Gasteiger partial charge in [-0.25, -0.2) is 4.79 Å². The minimum atomic E-state index is -0.299. The molecule has 0 aromatic heterocycles. The molecule has 2 aromatic carbocycles. The number of carbonyl (C=O) groups is 2. The van der Waals surface area contributed by atoms with Gasteiger partial charge in [-0.15, -0.1) is 0 Å². The lowest BCUT2D eigenvalue weighted by Crippen LogP contribution is -2.42. The molecular weight excluding hydrogens is 340 g/mol. The Labute approximate surface area is 160 Å². The maximum atomic E-state index is 12.2. The van der Waals surface area contributed by atoms with E-state index in [4.69, 9.17) is 4.74 Å². The molecule has 27 heavy (non-hydrogen) atoms. The highest BCUT2D eigenvalue weighted by molar-refractivity contribution is 5.76. The lowest BCUT2D eigenvalue weighted by Gasteiger charge is -2.31. The van der Waals surface area contributed by atoms with Gasteiger partial charge >= 0.3 is 6.09 Å². The lowest BCUT2D eigenvalue weighted by atomic mass is 9.97. The molecule has 1 saturated heterocycles. The van der Waals surface area contributed by atoms with Crippen molar-refractivity contribution in [3.63, 3.8) is 0 Å². The third-order valence-corrected chi connectivity index (χ3v) is 4.89. The van der Waals surface area contributed by atoms with E-state index in [9.17, 15) is 9.59 Å². The van der Waals surface area contributed by atoms with Gasteiger partial charge in [-0.2, -0.15) is 0 Å². The predicted molar refractivity (Wildman–Crippen MR) is 105 cm³/mol. The van der Waals surface area contributed by atoms with Crippen molar-refractivity contribution < 1.29 is 14.3 Å². The first-order chi connectivity index (χ1) is 13.2. The second-order valence-electron chi connectivity index (χ2n) is 6.90. The van der Waals surface area contributed by atoms with Crippen molar-refractivity contribution in [3.8, 4) is 5.75 Å². The zero-order chi connectivity index (χ0) is 18.9. The van der Waals surface area contributed by atoms with Crippen molar-refractivity contribution in [3.05, 3.63) is 66.2 Å². The van der Waals surface area contributed by atoms with E-state index < -0.39 is 0 Å². The molecule has 1 aliphatic rings. The average molecular weight is 366 g/mol. The van der Waals surface area contributed by atoms with Crippen LogP contribution in [0.2, 0.25) is 0 Å². The molecule has 0 spiro atoms. The number of nitrogens with zero attached hydrogens (tertiary/aromatic N) is 1. The number of nitrogens with one attached hydrogen (secondary N) is 1. The molecule has 0 radical (unpaired) electrons. The summed E-state index contributed by atoms with van der Waals surface area (Å²) in [4.78, 5) is 26.0. The molecule has 1 N–H and O–H groups in total. The molecule has 3 rings (SSSR count). The molecule has 0 bridgehead atoms. The van der Waals surface area contributed by atoms with Crippen molar-refractivity contribution >= 4 is 12.0 Å². The minimum absolute atomic E-state index is 0.0877. The number of hydrogen-bond acceptors (Lipinski definition) is 3. The summed E-state index contributed by atoms with van der Waals surface area (Å²) in [6, 6.07) is 19.2. The van der Waals surface area contributed by atoms with E-state index in [1.807, 2.05) is 48.5 Å². The first kappa shape index (κ1) is 19.0. The Bertz CT molecular complexity index is 726. The maximum Gasteiger partial charge on any atom is 0.415 e. The lowest BCUT2D eigenvalue weighted by molar-refractivity contribution is -0.121. The van der Waals surface area contributed by atoms with E-state index >= 15 is 0 Å². The third kappa shape index (κ3) is 6.13. The quantitative estimate of drug-likeness (QED) is 0.849. The highest BCUT2D eigenvalue weighted by atomic mass is 16.6. The molecule has 1 heterocycles. The number of ether oxygens (including phenoxy) is 1. The summed E-state index contributed by atoms with van der Waals surface area (Å²) in [5, 5.41) is 3.03. The Morgan fingerprint density at radius 2 is 1.59 bits per heavy atom. The van der Waals surface area contributed by atoms with Crippen molar-refractivity contribution in [2.75, 3.05) is 19.6 Å². The van der Waals surface area contributed by atoms with Crippen LogP contribution in [0.15, 0.2) is 60.7 Å². The zero-order valence-electron chi connectivity index (χ0n) is 15.5. The van der Waals surface area contributed by atoms with Crippen LogP contribution in [0.3, 0.4) is 0 Å². The Morgan fingerprint density at radius 1 is 0.963 bits per heavy atom. The summed E-state index contributed by atoms with van der Waals surface area (Å²) < 4.78 is 5.38. The second-order valence-corrected chi connectivity index (χ2v) is 6.90. The van der Waals surface area contributed by atoms with E-state index in [-0.39, 0.29) is 12.0 Å². The maximum absolute atomic E-state index is 12.2. The molecule has 0 atom stereocenters. The normalized spacial score (nSPS) is 14.6. The molecule has 5 nitrogen and oxygen atoms in total. The monoisotopic (exact) mass is 366 g/mol. The van der Waals surface area contributed by atoms with E-state index in [2.05, 4.69) is 5.32 Å². The molecular formula is C22H26N2O3. The summed E-state index contributed by atoms with van der Waals surface area (Å²) in [7, 11) is 0. The average Bonchev–Trinajstić information content (AvgIpc) is 2.72. The Morgan fingerprint density at radius 3 is 2.26 bits per heavy atom. The zero-order valence-corrected chi connectivity index (χ0v) is 15.5. The van der Waals surface area contributed by atoms with E-state index in [1.54, 1.807) is 17.0 Å². The number of likely N-dealkylation sites (tertiary alicyclic amines) is 1. The van der Waals surface area contributed by atoms with Crippen LogP contribution < -0.4 is 10.1 Å². The van der Waals surface area contributed by atoms with Crippen molar-refractivity contribution in [1.82, 2.24) is 10.2 Å². The van der Waals surface area contributed by atoms with Crippen LogP contribution in [0.25, 0.3) is 0 Å². The van der Waals surface area contributed by atoms with Gasteiger partial charge in [0, 0.05) is 26.1 Å². The fourth-order valence-corrected chi connectivity index (χ4v) is 3.22. The van der Waals surface area contributed by atoms with Crippen molar-refractivity contribution in [2.45, 2.75) is 25.7 Å². The van der Waals surface area contributed by atoms with Gasteiger partial charge in [0.25, 0.3) is 0 Å². The number of hydrogen-bond donors (Lipinski definition) is 1. The van der Waals surface area contributed by atoms with Crippen LogP contribution in [0, 0.1) is 5.92 Å². The van der Waals surface area contributed by atoms with Gasteiger partial charge in [-0.3, -0.25) is 4.79 Å². The van der Waals surface area contributed by atoms with Gasteiger partial charge < -0.3 is 15.0 Å². The van der Waals surface area contributed by atoms with Gasteiger partial charge in [0.05, 0.1) is 0 Å². The number of amides is 2. The van der Waals surface area contributed by atoms with Crippen LogP contribution in [-0.4, -0.2) is 36.5 Å². The van der Waals surface area contributed by atoms with Crippen molar-refractivity contribution in [2.24, 2.45) is 5.92 Å². The Balaban J connectivity index is 1.33. The summed E-state index contributed by atoms with van der Waals surface area (Å²) in [5.41, 5.74) is 1.18. The largest absolute Gasteiger partial charge is 0.415 e. The molecule has 0 aliphatic carbocycles. The summed E-state index contributed by atoms with van der Waals surface area (Å²) >= 11 is 0. The molecule has 2 amide bonds. The Kier molecular flexibility index (Phi) is 6.85. The number of rotatable bonds is 6. The van der Waals surface area contributed by atoms with E-state index in [1.165, 1.54) is 5.56 Å². The van der Waals surface area contributed by atoms with E-state index in [0.29, 0.717) is 37.7 Å². The standard InChI is InChI=1S/C22H26N2O3/c25-21(12-11-18-7-3-1-4-8-18)23-17-19-13-15-24(16-14-19)22(26)27-20-9-5-2-6-10-20/h1-10,19H,11-17H2,(H,23,25). The number of carbonyl (C=O) groups excluding carboxylic acids is 2. The van der Waals surface area contributed by atoms with E-state index in [0.717, 1.165) is 19.3 Å².